The van der Waals surface area contributed by atoms with Crippen molar-refractivity contribution in [2.24, 2.45) is 0 Å². The van der Waals surface area contributed by atoms with E-state index in [1.807, 2.05) is 36.4 Å². The number of rotatable bonds is 6. The number of H-pyrrole nitrogens is 1. The number of benzene rings is 3. The number of carbonyl (C=O) groups excluding carboxylic acids is 2. The van der Waals surface area contributed by atoms with E-state index < -0.39 is 29.5 Å². The van der Waals surface area contributed by atoms with Gasteiger partial charge < -0.3 is 15.6 Å². The number of para-hydroxylation sites is 3. The third-order valence-electron chi connectivity index (χ3n) is 4.95. The Morgan fingerprint density at radius 2 is 1.78 bits per heavy atom. The van der Waals surface area contributed by atoms with Crippen molar-refractivity contribution in [3.63, 3.8) is 0 Å². The van der Waals surface area contributed by atoms with Crippen LogP contribution < -0.4 is 10.6 Å². The lowest BCUT2D eigenvalue weighted by molar-refractivity contribution is -0.120. The number of nitrogens with one attached hydrogen (secondary N) is 3. The predicted octanol–water partition coefficient (Wildman–Crippen LogP) is 4.71. The van der Waals surface area contributed by atoms with Gasteiger partial charge in [0.2, 0.25) is 11.8 Å². The van der Waals surface area contributed by atoms with E-state index in [1.165, 1.54) is 13.0 Å². The minimum absolute atomic E-state index is 0.0299. The van der Waals surface area contributed by atoms with Crippen LogP contribution in [0.3, 0.4) is 0 Å². The quantitative estimate of drug-likeness (QED) is 0.411. The number of nitrogens with zero attached hydrogens (tertiary/aromatic N) is 1. The Morgan fingerprint density at radius 3 is 2.53 bits per heavy atom. The Labute approximate surface area is 182 Å². The van der Waals surface area contributed by atoms with Crippen molar-refractivity contribution in [2.45, 2.75) is 19.4 Å². The van der Waals surface area contributed by atoms with Crippen LogP contribution in [0.15, 0.2) is 66.7 Å². The first-order valence-electron chi connectivity index (χ1n) is 9.97. The van der Waals surface area contributed by atoms with Gasteiger partial charge in [-0.1, -0.05) is 30.3 Å². The van der Waals surface area contributed by atoms with Crippen LogP contribution in [-0.4, -0.2) is 21.8 Å². The summed E-state index contributed by atoms with van der Waals surface area (Å²) in [5.74, 6) is -1.87. The molecule has 6 nitrogen and oxygen atoms in total. The average molecular weight is 434 g/mol. The number of anilines is 1. The summed E-state index contributed by atoms with van der Waals surface area (Å²) in [6.45, 7) is 1.27. The van der Waals surface area contributed by atoms with E-state index in [0.717, 1.165) is 23.2 Å². The topological polar surface area (TPSA) is 86.9 Å². The molecule has 8 heteroatoms. The molecule has 1 atom stereocenters. The van der Waals surface area contributed by atoms with E-state index in [4.69, 9.17) is 0 Å². The molecule has 4 rings (SSSR count). The van der Waals surface area contributed by atoms with Crippen molar-refractivity contribution in [1.82, 2.24) is 15.3 Å². The number of amides is 2. The first kappa shape index (κ1) is 21.2. The molecule has 0 saturated carbocycles. The zero-order valence-corrected chi connectivity index (χ0v) is 17.2. The van der Waals surface area contributed by atoms with Crippen molar-refractivity contribution in [2.75, 3.05) is 5.32 Å². The van der Waals surface area contributed by atoms with Gasteiger partial charge in [0.05, 0.1) is 29.2 Å². The molecule has 3 aromatic carbocycles. The molecule has 1 aromatic heterocycles. The fraction of sp³-hybridized carbons (Fsp3) is 0.125. The van der Waals surface area contributed by atoms with Gasteiger partial charge in [-0.25, -0.2) is 13.8 Å². The highest BCUT2D eigenvalue weighted by atomic mass is 19.1. The van der Waals surface area contributed by atoms with Crippen LogP contribution in [0.2, 0.25) is 0 Å². The smallest absolute Gasteiger partial charge is 0.226 e. The normalized spacial score (nSPS) is 11.8. The maximum atomic E-state index is 14.3. The number of carbonyl (C=O) groups is 2. The fourth-order valence-electron chi connectivity index (χ4n) is 3.53. The van der Waals surface area contributed by atoms with E-state index in [9.17, 15) is 18.4 Å². The highest BCUT2D eigenvalue weighted by molar-refractivity contribution is 5.96. The molecular weight excluding hydrogens is 414 g/mol. The monoisotopic (exact) mass is 434 g/mol. The Balaban J connectivity index is 1.58. The largest absolute Gasteiger partial charge is 0.349 e. The SMILES string of the molecule is CC(=O)NC(CC(=O)Nc1ccccc1-c1nc2ccccc2[nH]1)c1ccc(F)cc1F. The summed E-state index contributed by atoms with van der Waals surface area (Å²) >= 11 is 0. The van der Waals surface area contributed by atoms with Crippen LogP contribution in [0.4, 0.5) is 14.5 Å². The first-order valence-corrected chi connectivity index (χ1v) is 9.97. The Kier molecular flexibility index (Phi) is 5.93. The molecule has 1 heterocycles. The number of hydrogen-bond donors (Lipinski definition) is 3. The molecule has 0 bridgehead atoms. The first-order chi connectivity index (χ1) is 15.4. The number of fused-ring (bicyclic) bond motifs is 1. The summed E-state index contributed by atoms with van der Waals surface area (Å²) in [4.78, 5) is 32.2. The summed E-state index contributed by atoms with van der Waals surface area (Å²) < 4.78 is 27.6. The standard InChI is InChI=1S/C24H20F2N4O2/c1-14(31)27-22(16-11-10-15(25)12-18(16)26)13-23(32)28-19-7-3-2-6-17(19)24-29-20-8-4-5-9-21(20)30-24/h2-12,22H,13H2,1H3,(H,27,31)(H,28,32)(H,29,30). The molecule has 162 valence electrons. The van der Waals surface area contributed by atoms with Gasteiger partial charge in [0.15, 0.2) is 0 Å². The molecule has 0 spiro atoms. The summed E-state index contributed by atoms with van der Waals surface area (Å²) in [6, 6.07) is 16.8. The van der Waals surface area contributed by atoms with Crippen LogP contribution in [-0.2, 0) is 9.59 Å². The van der Waals surface area contributed by atoms with Gasteiger partial charge >= 0.3 is 0 Å². The zero-order valence-electron chi connectivity index (χ0n) is 17.2. The van der Waals surface area contributed by atoms with Crippen LogP contribution in [0.25, 0.3) is 22.4 Å². The van der Waals surface area contributed by atoms with Gasteiger partial charge in [-0.05, 0) is 30.3 Å². The van der Waals surface area contributed by atoms with Gasteiger partial charge in [-0.3, -0.25) is 9.59 Å². The molecule has 0 aliphatic rings. The lowest BCUT2D eigenvalue weighted by Gasteiger charge is -2.19. The summed E-state index contributed by atoms with van der Waals surface area (Å²) in [5.41, 5.74) is 2.88. The van der Waals surface area contributed by atoms with Gasteiger partial charge in [0.25, 0.3) is 0 Å². The van der Waals surface area contributed by atoms with Crippen LogP contribution in [0.5, 0.6) is 0 Å². The minimum atomic E-state index is -0.952. The second kappa shape index (κ2) is 8.97. The molecule has 0 aliphatic heterocycles. The number of imidazole rings is 1. The molecule has 4 aromatic rings. The molecule has 3 N–H and O–H groups in total. The van der Waals surface area contributed by atoms with Gasteiger partial charge in [0.1, 0.15) is 17.5 Å². The third-order valence-corrected chi connectivity index (χ3v) is 4.95. The van der Waals surface area contributed by atoms with Crippen LogP contribution >= 0.6 is 0 Å². The molecule has 0 fully saturated rings. The number of aromatic nitrogens is 2. The average Bonchev–Trinajstić information content (AvgIpc) is 3.17. The molecule has 2 amide bonds. The van der Waals surface area contributed by atoms with E-state index in [2.05, 4.69) is 20.6 Å². The second-order valence-corrected chi connectivity index (χ2v) is 7.32. The molecule has 0 saturated heterocycles. The zero-order chi connectivity index (χ0) is 22.7. The molecule has 0 aliphatic carbocycles. The summed E-state index contributed by atoms with van der Waals surface area (Å²) in [6.07, 6.45) is -0.239. The number of hydrogen-bond acceptors (Lipinski definition) is 3. The molecule has 1 unspecified atom stereocenters. The number of aromatic amines is 1. The van der Waals surface area contributed by atoms with E-state index >= 15 is 0 Å². The predicted molar refractivity (Wildman–Crippen MR) is 118 cm³/mol. The summed E-state index contributed by atoms with van der Waals surface area (Å²) in [5, 5.41) is 5.37. The van der Waals surface area contributed by atoms with E-state index in [1.54, 1.807) is 12.1 Å². The number of halogens is 2. The van der Waals surface area contributed by atoms with Gasteiger partial charge in [0, 0.05) is 24.1 Å². The Morgan fingerprint density at radius 1 is 1.03 bits per heavy atom. The van der Waals surface area contributed by atoms with Gasteiger partial charge in [-0.2, -0.15) is 0 Å². The van der Waals surface area contributed by atoms with Crippen LogP contribution in [0.1, 0.15) is 24.9 Å². The van der Waals surface area contributed by atoms with Crippen molar-refractivity contribution < 1.29 is 18.4 Å². The van der Waals surface area contributed by atoms with E-state index in [-0.39, 0.29) is 12.0 Å². The fourth-order valence-corrected chi connectivity index (χ4v) is 3.53. The van der Waals surface area contributed by atoms with Crippen molar-refractivity contribution in [1.29, 1.82) is 0 Å². The van der Waals surface area contributed by atoms with E-state index in [0.29, 0.717) is 17.1 Å². The lowest BCUT2D eigenvalue weighted by atomic mass is 10.0. The highest BCUT2D eigenvalue weighted by Gasteiger charge is 2.22. The van der Waals surface area contributed by atoms with Gasteiger partial charge in [-0.15, -0.1) is 0 Å². The third kappa shape index (κ3) is 4.64. The van der Waals surface area contributed by atoms with Crippen molar-refractivity contribution >= 4 is 28.5 Å². The summed E-state index contributed by atoms with van der Waals surface area (Å²) in [7, 11) is 0. The Bertz CT molecular complexity index is 1270. The lowest BCUT2D eigenvalue weighted by Crippen LogP contribution is -2.30. The second-order valence-electron chi connectivity index (χ2n) is 7.32. The highest BCUT2D eigenvalue weighted by Crippen LogP contribution is 2.28. The molecule has 0 radical (unpaired) electrons. The minimum Gasteiger partial charge on any atom is -0.349 e. The van der Waals surface area contributed by atoms with Crippen molar-refractivity contribution in [3.8, 4) is 11.4 Å². The maximum Gasteiger partial charge on any atom is 0.226 e. The Hall–Kier alpha value is -4.07. The molecular formula is C24H20F2N4O2. The van der Waals surface area contributed by atoms with Crippen molar-refractivity contribution in [3.05, 3.63) is 83.9 Å². The van der Waals surface area contributed by atoms with Crippen LogP contribution in [0, 0.1) is 11.6 Å². The molecule has 32 heavy (non-hydrogen) atoms. The maximum absolute atomic E-state index is 14.3.